The van der Waals surface area contributed by atoms with Crippen molar-refractivity contribution in [1.82, 2.24) is 0 Å². The molecule has 0 fully saturated rings. The van der Waals surface area contributed by atoms with Gasteiger partial charge < -0.3 is 5.32 Å². The fourth-order valence-electron chi connectivity index (χ4n) is 2.55. The van der Waals surface area contributed by atoms with Gasteiger partial charge in [-0.2, -0.15) is 0 Å². The maximum Gasteiger partial charge on any atom is 0.261 e. The lowest BCUT2D eigenvalue weighted by Crippen LogP contribution is -2.14. The van der Waals surface area contributed by atoms with Crippen molar-refractivity contribution in [2.45, 2.75) is 11.8 Å². The van der Waals surface area contributed by atoms with Gasteiger partial charge in [0.1, 0.15) is 0 Å². The van der Waals surface area contributed by atoms with Crippen LogP contribution in [0.2, 0.25) is 5.02 Å². The largest absolute Gasteiger partial charge is 0.323 e. The van der Waals surface area contributed by atoms with Crippen LogP contribution in [0.15, 0.2) is 83.8 Å². The predicted molar refractivity (Wildman–Crippen MR) is 118 cm³/mol. The Morgan fingerprint density at radius 1 is 0.966 bits per heavy atom. The van der Waals surface area contributed by atoms with Crippen LogP contribution in [0.1, 0.15) is 11.1 Å². The third-order valence-electron chi connectivity index (χ3n) is 4.10. The highest BCUT2D eigenvalue weighted by Crippen LogP contribution is 2.24. The number of anilines is 2. The van der Waals surface area contributed by atoms with E-state index in [9.17, 15) is 13.2 Å². The minimum absolute atomic E-state index is 0.0784. The standard InChI is InChI=1S/C22H19ClN2O3S/c1-16-7-9-18(23)15-21(16)25-29(27,28)20-12-10-19(11-13-20)24-22(26)14-8-17-5-3-2-4-6-17/h2-15,25H,1H3,(H,24,26). The maximum absolute atomic E-state index is 12.6. The topological polar surface area (TPSA) is 75.3 Å². The lowest BCUT2D eigenvalue weighted by molar-refractivity contribution is -0.111. The number of carbonyl (C=O) groups is 1. The normalized spacial score (nSPS) is 11.4. The van der Waals surface area contributed by atoms with Crippen molar-refractivity contribution in [3.05, 3.63) is 95.0 Å². The van der Waals surface area contributed by atoms with Gasteiger partial charge in [0.15, 0.2) is 0 Å². The van der Waals surface area contributed by atoms with Gasteiger partial charge in [0, 0.05) is 16.8 Å². The van der Waals surface area contributed by atoms with Crippen LogP contribution in [-0.4, -0.2) is 14.3 Å². The third kappa shape index (κ3) is 5.70. The molecule has 3 rings (SSSR count). The van der Waals surface area contributed by atoms with Crippen molar-refractivity contribution in [3.8, 4) is 0 Å². The molecule has 0 unspecified atom stereocenters. The first-order chi connectivity index (χ1) is 13.8. The van der Waals surface area contributed by atoms with Crippen LogP contribution in [0.5, 0.6) is 0 Å². The van der Waals surface area contributed by atoms with Crippen LogP contribution >= 0.6 is 11.6 Å². The van der Waals surface area contributed by atoms with E-state index < -0.39 is 10.0 Å². The number of amides is 1. The molecule has 0 radical (unpaired) electrons. The number of sulfonamides is 1. The zero-order valence-corrected chi connectivity index (χ0v) is 17.2. The SMILES string of the molecule is Cc1ccc(Cl)cc1NS(=O)(=O)c1ccc(NC(=O)C=Cc2ccccc2)cc1. The number of nitrogens with one attached hydrogen (secondary N) is 2. The first-order valence-electron chi connectivity index (χ1n) is 8.77. The molecule has 0 saturated carbocycles. The summed E-state index contributed by atoms with van der Waals surface area (Å²) in [6.45, 7) is 1.79. The average molecular weight is 427 g/mol. The lowest BCUT2D eigenvalue weighted by Gasteiger charge is -2.11. The number of aryl methyl sites for hydroxylation is 1. The zero-order chi connectivity index (χ0) is 20.9. The molecule has 0 aliphatic rings. The minimum atomic E-state index is -3.78. The smallest absolute Gasteiger partial charge is 0.261 e. The second kappa shape index (κ2) is 8.94. The molecule has 3 aromatic rings. The zero-order valence-electron chi connectivity index (χ0n) is 15.6. The van der Waals surface area contributed by atoms with Crippen molar-refractivity contribution in [2.24, 2.45) is 0 Å². The molecule has 0 aliphatic heterocycles. The van der Waals surface area contributed by atoms with Crippen LogP contribution in [0.25, 0.3) is 6.08 Å². The molecule has 0 saturated heterocycles. The molecule has 148 valence electrons. The van der Waals surface area contributed by atoms with Gasteiger partial charge in [0.05, 0.1) is 10.6 Å². The van der Waals surface area contributed by atoms with Crippen LogP contribution < -0.4 is 10.0 Å². The Morgan fingerprint density at radius 3 is 2.34 bits per heavy atom. The summed E-state index contributed by atoms with van der Waals surface area (Å²) in [6.07, 6.45) is 3.12. The van der Waals surface area contributed by atoms with E-state index in [2.05, 4.69) is 10.0 Å². The van der Waals surface area contributed by atoms with Crippen molar-refractivity contribution in [1.29, 1.82) is 0 Å². The Kier molecular flexibility index (Phi) is 6.36. The number of halogens is 1. The van der Waals surface area contributed by atoms with Gasteiger partial charge in [0.25, 0.3) is 10.0 Å². The average Bonchev–Trinajstić information content (AvgIpc) is 2.70. The fraction of sp³-hybridized carbons (Fsp3) is 0.0455. The molecule has 0 spiro atoms. The number of hydrogen-bond acceptors (Lipinski definition) is 3. The van der Waals surface area contributed by atoms with Gasteiger partial charge in [-0.3, -0.25) is 9.52 Å². The monoisotopic (exact) mass is 426 g/mol. The summed E-state index contributed by atoms with van der Waals surface area (Å²) in [4.78, 5) is 12.1. The number of rotatable bonds is 6. The first-order valence-corrected chi connectivity index (χ1v) is 10.6. The Labute approximate surface area is 175 Å². The van der Waals surface area contributed by atoms with Crippen molar-refractivity contribution < 1.29 is 13.2 Å². The molecule has 0 bridgehead atoms. The quantitative estimate of drug-likeness (QED) is 0.538. The van der Waals surface area contributed by atoms with E-state index in [1.54, 1.807) is 31.2 Å². The summed E-state index contributed by atoms with van der Waals surface area (Å²) in [7, 11) is -3.78. The first kappa shape index (κ1) is 20.6. The van der Waals surface area contributed by atoms with E-state index >= 15 is 0 Å². The lowest BCUT2D eigenvalue weighted by atomic mass is 10.2. The Balaban J connectivity index is 1.68. The number of hydrogen-bond donors (Lipinski definition) is 2. The molecule has 0 atom stereocenters. The van der Waals surface area contributed by atoms with E-state index in [0.717, 1.165) is 11.1 Å². The molecule has 0 heterocycles. The second-order valence-corrected chi connectivity index (χ2v) is 8.44. The molecule has 7 heteroatoms. The molecule has 3 aromatic carbocycles. The molecule has 1 amide bonds. The fourth-order valence-corrected chi connectivity index (χ4v) is 3.84. The minimum Gasteiger partial charge on any atom is -0.323 e. The summed E-state index contributed by atoms with van der Waals surface area (Å²) < 4.78 is 27.7. The van der Waals surface area contributed by atoms with E-state index in [0.29, 0.717) is 16.4 Å². The van der Waals surface area contributed by atoms with Gasteiger partial charge >= 0.3 is 0 Å². The van der Waals surface area contributed by atoms with Crippen LogP contribution in [0.3, 0.4) is 0 Å². The van der Waals surface area contributed by atoms with Gasteiger partial charge in [-0.1, -0.05) is 48.0 Å². The molecule has 0 aromatic heterocycles. The third-order valence-corrected chi connectivity index (χ3v) is 5.72. The summed E-state index contributed by atoms with van der Waals surface area (Å²) >= 11 is 5.95. The molecular formula is C22H19ClN2O3S. The van der Waals surface area contributed by atoms with E-state index in [1.807, 2.05) is 30.3 Å². The van der Waals surface area contributed by atoms with Crippen molar-refractivity contribution in [3.63, 3.8) is 0 Å². The molecule has 0 aliphatic carbocycles. The van der Waals surface area contributed by atoms with E-state index in [4.69, 9.17) is 11.6 Å². The second-order valence-electron chi connectivity index (χ2n) is 6.32. The summed E-state index contributed by atoms with van der Waals surface area (Å²) in [5, 5.41) is 3.14. The van der Waals surface area contributed by atoms with Crippen molar-refractivity contribution >= 4 is 45.0 Å². The van der Waals surface area contributed by atoms with Gasteiger partial charge in [-0.25, -0.2) is 8.42 Å². The number of carbonyl (C=O) groups excluding carboxylic acids is 1. The van der Waals surface area contributed by atoms with Gasteiger partial charge in [-0.05, 0) is 60.5 Å². The highest BCUT2D eigenvalue weighted by atomic mass is 35.5. The van der Waals surface area contributed by atoms with E-state index in [1.165, 1.54) is 30.3 Å². The molecular weight excluding hydrogens is 408 g/mol. The highest BCUT2D eigenvalue weighted by Gasteiger charge is 2.15. The maximum atomic E-state index is 12.6. The molecule has 29 heavy (non-hydrogen) atoms. The Bertz CT molecular complexity index is 1140. The Hall–Kier alpha value is -3.09. The highest BCUT2D eigenvalue weighted by molar-refractivity contribution is 7.92. The summed E-state index contributed by atoms with van der Waals surface area (Å²) in [5.41, 5.74) is 2.57. The van der Waals surface area contributed by atoms with Gasteiger partial charge in [0.2, 0.25) is 5.91 Å². The molecule has 5 nitrogen and oxygen atoms in total. The predicted octanol–water partition coefficient (Wildman–Crippen LogP) is 5.10. The summed E-state index contributed by atoms with van der Waals surface area (Å²) in [5.74, 6) is -0.308. The van der Waals surface area contributed by atoms with Crippen LogP contribution in [0, 0.1) is 6.92 Å². The van der Waals surface area contributed by atoms with Gasteiger partial charge in [-0.15, -0.1) is 0 Å². The van der Waals surface area contributed by atoms with E-state index in [-0.39, 0.29) is 10.8 Å². The van der Waals surface area contributed by atoms with Crippen LogP contribution in [-0.2, 0) is 14.8 Å². The summed E-state index contributed by atoms with van der Waals surface area (Å²) in [6, 6.07) is 20.4. The molecule has 2 N–H and O–H groups in total. The number of benzene rings is 3. The van der Waals surface area contributed by atoms with Crippen LogP contribution in [0.4, 0.5) is 11.4 Å². The van der Waals surface area contributed by atoms with Crippen molar-refractivity contribution in [2.75, 3.05) is 10.0 Å². The Morgan fingerprint density at radius 2 is 1.66 bits per heavy atom.